The highest BCUT2D eigenvalue weighted by atomic mass is 16.2. The van der Waals surface area contributed by atoms with Crippen LogP contribution in [0.5, 0.6) is 0 Å². The molecule has 2 heterocycles. The van der Waals surface area contributed by atoms with Gasteiger partial charge in [-0.25, -0.2) is 0 Å². The van der Waals surface area contributed by atoms with Crippen LogP contribution in [-0.4, -0.2) is 36.9 Å². The van der Waals surface area contributed by atoms with Gasteiger partial charge in [0.2, 0.25) is 5.91 Å². The minimum absolute atomic E-state index is 0.210. The molecule has 4 rings (SSSR count). The average molecular weight is 337 g/mol. The van der Waals surface area contributed by atoms with Crippen LogP contribution in [0.15, 0.2) is 24.3 Å². The average Bonchev–Trinajstić information content (AvgIpc) is 3.30. The van der Waals surface area contributed by atoms with Gasteiger partial charge < -0.3 is 4.90 Å². The molecule has 3 aromatic rings. The van der Waals surface area contributed by atoms with E-state index in [1.165, 1.54) is 12.8 Å². The third-order valence-electron chi connectivity index (χ3n) is 5.30. The Balaban J connectivity index is 1.81. The number of para-hydroxylation sites is 1. The summed E-state index contributed by atoms with van der Waals surface area (Å²) in [6.07, 6.45) is 5.14. The van der Waals surface area contributed by atoms with Gasteiger partial charge in [0.25, 0.3) is 0 Å². The van der Waals surface area contributed by atoms with E-state index in [1.54, 1.807) is 0 Å². The van der Waals surface area contributed by atoms with Crippen LogP contribution >= 0.6 is 0 Å². The number of aromatic nitrogens is 4. The standard InChI is InChI=1S/C19H23N5O/c1-3-17(25)23(16-9-4-5-10-16)12-15-11-14-8-6-7-13(2)18(14)24-19(15)20-21-22-24/h6-8,11,16H,3-5,9-10,12H2,1-2H3. The second-order valence-electron chi connectivity index (χ2n) is 6.91. The van der Waals surface area contributed by atoms with E-state index in [2.05, 4.69) is 40.6 Å². The highest BCUT2D eigenvalue weighted by molar-refractivity contribution is 5.86. The van der Waals surface area contributed by atoms with E-state index < -0.39 is 0 Å². The summed E-state index contributed by atoms with van der Waals surface area (Å²) in [5.41, 5.74) is 3.92. The van der Waals surface area contributed by atoms with Gasteiger partial charge in [-0.3, -0.25) is 4.79 Å². The minimum atomic E-state index is 0.210. The summed E-state index contributed by atoms with van der Waals surface area (Å²) in [6.45, 7) is 4.57. The highest BCUT2D eigenvalue weighted by Crippen LogP contribution is 2.28. The molecular formula is C19H23N5O. The summed E-state index contributed by atoms with van der Waals surface area (Å²) < 4.78 is 1.81. The quantitative estimate of drug-likeness (QED) is 0.733. The molecule has 6 heteroatoms. The fourth-order valence-electron chi connectivity index (χ4n) is 4.02. The molecule has 0 atom stereocenters. The Morgan fingerprint density at radius 2 is 2.12 bits per heavy atom. The largest absolute Gasteiger partial charge is 0.335 e. The zero-order chi connectivity index (χ0) is 17.4. The summed E-state index contributed by atoms with van der Waals surface area (Å²) in [5, 5.41) is 13.4. The second-order valence-corrected chi connectivity index (χ2v) is 6.91. The smallest absolute Gasteiger partial charge is 0.222 e. The molecule has 0 unspecified atom stereocenters. The van der Waals surface area contributed by atoms with Gasteiger partial charge in [0, 0.05) is 30.0 Å². The first-order chi connectivity index (χ1) is 12.2. The van der Waals surface area contributed by atoms with Crippen LogP contribution in [-0.2, 0) is 11.3 Å². The Labute approximate surface area is 146 Å². The maximum absolute atomic E-state index is 12.6. The number of aryl methyl sites for hydroxylation is 1. The van der Waals surface area contributed by atoms with Gasteiger partial charge in [-0.15, -0.1) is 5.10 Å². The van der Waals surface area contributed by atoms with Crippen molar-refractivity contribution in [2.24, 2.45) is 0 Å². The molecule has 0 radical (unpaired) electrons. The van der Waals surface area contributed by atoms with Gasteiger partial charge in [-0.2, -0.15) is 4.52 Å². The number of hydrogen-bond acceptors (Lipinski definition) is 4. The molecule has 0 aliphatic heterocycles. The normalized spacial score (nSPS) is 15.3. The van der Waals surface area contributed by atoms with Gasteiger partial charge in [0.15, 0.2) is 5.65 Å². The van der Waals surface area contributed by atoms with Crippen LogP contribution in [0.4, 0.5) is 0 Å². The predicted molar refractivity (Wildman–Crippen MR) is 96.1 cm³/mol. The van der Waals surface area contributed by atoms with E-state index in [4.69, 9.17) is 0 Å². The Morgan fingerprint density at radius 3 is 2.88 bits per heavy atom. The third kappa shape index (κ3) is 2.75. The molecule has 6 nitrogen and oxygen atoms in total. The monoisotopic (exact) mass is 337 g/mol. The number of pyridine rings is 1. The molecule has 130 valence electrons. The maximum Gasteiger partial charge on any atom is 0.222 e. The first kappa shape index (κ1) is 16.0. The lowest BCUT2D eigenvalue weighted by molar-refractivity contribution is -0.133. The number of tetrazole rings is 1. The molecular weight excluding hydrogens is 314 g/mol. The number of carbonyl (C=O) groups excluding carboxylic acids is 1. The molecule has 1 fully saturated rings. The highest BCUT2D eigenvalue weighted by Gasteiger charge is 2.27. The summed E-state index contributed by atoms with van der Waals surface area (Å²) in [4.78, 5) is 14.6. The lowest BCUT2D eigenvalue weighted by Crippen LogP contribution is -2.38. The first-order valence-corrected chi connectivity index (χ1v) is 9.08. The van der Waals surface area contributed by atoms with Crippen molar-refractivity contribution in [2.45, 2.75) is 58.5 Å². The predicted octanol–water partition coefficient (Wildman–Crippen LogP) is 3.27. The van der Waals surface area contributed by atoms with Crippen molar-refractivity contribution < 1.29 is 4.79 Å². The fraction of sp³-hybridized carbons (Fsp3) is 0.474. The van der Waals surface area contributed by atoms with Crippen molar-refractivity contribution in [3.8, 4) is 0 Å². The second kappa shape index (κ2) is 6.43. The summed E-state index contributed by atoms with van der Waals surface area (Å²) in [7, 11) is 0. The van der Waals surface area contributed by atoms with E-state index in [9.17, 15) is 4.79 Å². The Hall–Kier alpha value is -2.50. The number of hydrogen-bond donors (Lipinski definition) is 0. The number of nitrogens with zero attached hydrogens (tertiary/aromatic N) is 5. The zero-order valence-electron chi connectivity index (χ0n) is 14.8. The number of carbonyl (C=O) groups is 1. The molecule has 1 saturated carbocycles. The van der Waals surface area contributed by atoms with Crippen molar-refractivity contribution in [1.29, 1.82) is 0 Å². The van der Waals surface area contributed by atoms with Gasteiger partial charge in [0.05, 0.1) is 5.52 Å². The summed E-state index contributed by atoms with van der Waals surface area (Å²) in [5.74, 6) is 0.210. The van der Waals surface area contributed by atoms with Gasteiger partial charge >= 0.3 is 0 Å². The van der Waals surface area contributed by atoms with E-state index in [-0.39, 0.29) is 5.91 Å². The van der Waals surface area contributed by atoms with Gasteiger partial charge in [0.1, 0.15) is 0 Å². The molecule has 0 bridgehead atoms. The third-order valence-corrected chi connectivity index (χ3v) is 5.30. The van der Waals surface area contributed by atoms with E-state index in [0.29, 0.717) is 19.0 Å². The van der Waals surface area contributed by atoms with Crippen molar-refractivity contribution in [3.63, 3.8) is 0 Å². The number of rotatable bonds is 4. The number of fused-ring (bicyclic) bond motifs is 3. The zero-order valence-corrected chi connectivity index (χ0v) is 14.8. The lowest BCUT2D eigenvalue weighted by atomic mass is 10.1. The van der Waals surface area contributed by atoms with Crippen molar-refractivity contribution >= 4 is 22.5 Å². The minimum Gasteiger partial charge on any atom is -0.335 e. The molecule has 0 spiro atoms. The first-order valence-electron chi connectivity index (χ1n) is 9.08. The molecule has 0 saturated heterocycles. The van der Waals surface area contributed by atoms with Crippen molar-refractivity contribution in [3.05, 3.63) is 35.4 Å². The van der Waals surface area contributed by atoms with Crippen molar-refractivity contribution in [2.75, 3.05) is 0 Å². The van der Waals surface area contributed by atoms with Crippen LogP contribution in [0.25, 0.3) is 16.6 Å². The van der Waals surface area contributed by atoms with E-state index >= 15 is 0 Å². The van der Waals surface area contributed by atoms with Crippen LogP contribution in [0.1, 0.15) is 50.2 Å². The molecule has 1 aliphatic rings. The number of benzene rings is 1. The van der Waals surface area contributed by atoms with Crippen LogP contribution in [0, 0.1) is 6.92 Å². The summed E-state index contributed by atoms with van der Waals surface area (Å²) >= 11 is 0. The lowest BCUT2D eigenvalue weighted by Gasteiger charge is -2.29. The maximum atomic E-state index is 12.6. The summed E-state index contributed by atoms with van der Waals surface area (Å²) in [6, 6.07) is 8.67. The van der Waals surface area contributed by atoms with Crippen LogP contribution < -0.4 is 0 Å². The molecule has 1 amide bonds. The van der Waals surface area contributed by atoms with E-state index in [1.807, 2.05) is 22.4 Å². The SMILES string of the molecule is CCC(=O)N(Cc1cc2cccc(C)c2n2nnnc12)C1CCCC1. The molecule has 1 aliphatic carbocycles. The Bertz CT molecular complexity index is 926. The molecule has 0 N–H and O–H groups in total. The van der Waals surface area contributed by atoms with Gasteiger partial charge in [-0.05, 0) is 41.8 Å². The Morgan fingerprint density at radius 1 is 1.32 bits per heavy atom. The molecule has 2 aromatic heterocycles. The van der Waals surface area contributed by atoms with E-state index in [0.717, 1.165) is 40.5 Å². The molecule has 25 heavy (non-hydrogen) atoms. The van der Waals surface area contributed by atoms with Crippen molar-refractivity contribution in [1.82, 2.24) is 24.9 Å². The topological polar surface area (TPSA) is 63.4 Å². The Kier molecular flexibility index (Phi) is 4.11. The molecule has 1 aromatic carbocycles. The van der Waals surface area contributed by atoms with Gasteiger partial charge in [-0.1, -0.05) is 38.0 Å². The van der Waals surface area contributed by atoms with Crippen LogP contribution in [0.2, 0.25) is 0 Å². The number of amides is 1. The fourth-order valence-corrected chi connectivity index (χ4v) is 4.02. The van der Waals surface area contributed by atoms with Crippen LogP contribution in [0.3, 0.4) is 0 Å².